The molecule has 0 saturated carbocycles. The summed E-state index contributed by atoms with van der Waals surface area (Å²) in [4.78, 5) is 29.7. The highest BCUT2D eigenvalue weighted by Gasteiger charge is 2.30. The maximum absolute atomic E-state index is 15.1. The molecule has 3 aromatic heterocycles. The summed E-state index contributed by atoms with van der Waals surface area (Å²) in [5, 5.41) is 20.3. The monoisotopic (exact) mass is 599 g/mol. The van der Waals surface area contributed by atoms with Crippen LogP contribution in [0.5, 0.6) is 11.5 Å². The van der Waals surface area contributed by atoms with Gasteiger partial charge in [0.15, 0.2) is 17.2 Å². The molecule has 1 aliphatic heterocycles. The van der Waals surface area contributed by atoms with Crippen LogP contribution in [0, 0.1) is 17.6 Å². The van der Waals surface area contributed by atoms with Crippen molar-refractivity contribution in [3.63, 3.8) is 0 Å². The summed E-state index contributed by atoms with van der Waals surface area (Å²) in [6.45, 7) is 8.27. The number of piperidine rings is 1. The average Bonchev–Trinajstić information content (AvgIpc) is 2.95. The number of halogens is 3. The van der Waals surface area contributed by atoms with E-state index in [1.54, 1.807) is 6.07 Å². The molecule has 1 aromatic carbocycles. The summed E-state index contributed by atoms with van der Waals surface area (Å²) >= 11 is 6.67. The molecule has 2 unspecified atom stereocenters. The Labute approximate surface area is 246 Å². The third-order valence-electron chi connectivity index (χ3n) is 7.54. The predicted octanol–water partition coefficient (Wildman–Crippen LogP) is 5.60. The van der Waals surface area contributed by atoms with Crippen LogP contribution in [-0.2, 0) is 0 Å². The van der Waals surface area contributed by atoms with Gasteiger partial charge in [0.05, 0.1) is 34.0 Å². The van der Waals surface area contributed by atoms with E-state index < -0.39 is 28.6 Å². The van der Waals surface area contributed by atoms with Gasteiger partial charge < -0.3 is 19.8 Å². The molecule has 9 nitrogen and oxygen atoms in total. The van der Waals surface area contributed by atoms with E-state index in [-0.39, 0.29) is 53.0 Å². The van der Waals surface area contributed by atoms with Crippen molar-refractivity contribution in [1.82, 2.24) is 19.5 Å². The highest BCUT2D eigenvalue weighted by atomic mass is 35.5. The zero-order valence-electron chi connectivity index (χ0n) is 23.7. The van der Waals surface area contributed by atoms with Gasteiger partial charge in [-0.15, -0.1) is 0 Å². The van der Waals surface area contributed by atoms with Gasteiger partial charge in [-0.3, -0.25) is 4.98 Å². The number of hydrogen-bond acceptors (Lipinski definition) is 8. The summed E-state index contributed by atoms with van der Waals surface area (Å²) in [5.74, 6) is -2.18. The molecule has 1 saturated heterocycles. The molecular weight excluding hydrogens is 568 g/mol. The number of rotatable bonds is 7. The second-order valence-corrected chi connectivity index (χ2v) is 11.4. The van der Waals surface area contributed by atoms with Crippen molar-refractivity contribution in [2.24, 2.45) is 5.92 Å². The van der Waals surface area contributed by atoms with Crippen molar-refractivity contribution >= 4 is 28.5 Å². The number of ether oxygens (including phenoxy) is 1. The Balaban J connectivity index is 1.92. The molecule has 2 N–H and O–H groups in total. The number of pyridine rings is 2. The van der Waals surface area contributed by atoms with Gasteiger partial charge >= 0.3 is 5.69 Å². The predicted molar refractivity (Wildman–Crippen MR) is 157 cm³/mol. The first-order chi connectivity index (χ1) is 20.0. The molecule has 2 atom stereocenters. The summed E-state index contributed by atoms with van der Waals surface area (Å²) in [6, 6.07) is 4.80. The SMILES string of the molecule is CC1CCC(C)N(c2nc(=O)n(-c3c(OCCO)ccnc3C(C)C)c3nc(-c4c(F)ccc(F)c4O)c(Cl)cc23)C1. The van der Waals surface area contributed by atoms with Crippen molar-refractivity contribution in [1.29, 1.82) is 0 Å². The molecule has 12 heteroatoms. The number of anilines is 1. The first-order valence-corrected chi connectivity index (χ1v) is 14.2. The minimum atomic E-state index is -1.05. The lowest BCUT2D eigenvalue weighted by Crippen LogP contribution is -2.43. The molecule has 5 rings (SSSR count). The number of fused-ring (bicyclic) bond motifs is 1. The quantitative estimate of drug-likeness (QED) is 0.282. The highest BCUT2D eigenvalue weighted by molar-refractivity contribution is 6.34. The van der Waals surface area contributed by atoms with E-state index in [1.807, 2.05) is 25.7 Å². The fourth-order valence-electron chi connectivity index (χ4n) is 5.42. The van der Waals surface area contributed by atoms with E-state index in [9.17, 15) is 19.4 Å². The molecule has 4 heterocycles. The van der Waals surface area contributed by atoms with Gasteiger partial charge in [-0.25, -0.2) is 23.1 Å². The second kappa shape index (κ2) is 11.8. The zero-order valence-corrected chi connectivity index (χ0v) is 24.5. The van der Waals surface area contributed by atoms with Gasteiger partial charge in [-0.2, -0.15) is 4.98 Å². The van der Waals surface area contributed by atoms with Crippen molar-refractivity contribution in [2.45, 2.75) is 52.5 Å². The number of aromatic nitrogens is 4. The highest BCUT2D eigenvalue weighted by Crippen LogP contribution is 2.41. The maximum atomic E-state index is 15.1. The van der Waals surface area contributed by atoms with E-state index in [1.165, 1.54) is 16.8 Å². The van der Waals surface area contributed by atoms with Gasteiger partial charge in [-0.05, 0) is 49.8 Å². The normalized spacial score (nSPS) is 17.3. The first kappa shape index (κ1) is 29.7. The minimum Gasteiger partial charge on any atom is -0.504 e. The zero-order chi connectivity index (χ0) is 30.3. The lowest BCUT2D eigenvalue weighted by atomic mass is 9.95. The van der Waals surface area contributed by atoms with E-state index >= 15 is 4.39 Å². The fraction of sp³-hybridized carbons (Fsp3) is 0.400. The average molecular weight is 600 g/mol. The number of aliphatic hydroxyl groups is 1. The molecule has 1 aliphatic rings. The van der Waals surface area contributed by atoms with Gasteiger partial charge in [0.2, 0.25) is 0 Å². The topological polar surface area (TPSA) is 114 Å². The molecule has 42 heavy (non-hydrogen) atoms. The molecule has 0 radical (unpaired) electrons. The largest absolute Gasteiger partial charge is 0.504 e. The third kappa shape index (κ3) is 5.27. The summed E-state index contributed by atoms with van der Waals surface area (Å²) in [7, 11) is 0. The molecule has 1 fully saturated rings. The third-order valence-corrected chi connectivity index (χ3v) is 7.83. The molecule has 0 aliphatic carbocycles. The van der Waals surface area contributed by atoms with Crippen molar-refractivity contribution in [3.05, 3.63) is 63.3 Å². The van der Waals surface area contributed by atoms with Gasteiger partial charge in [0.25, 0.3) is 0 Å². The lowest BCUT2D eigenvalue weighted by Gasteiger charge is -2.38. The van der Waals surface area contributed by atoms with E-state index in [0.29, 0.717) is 29.4 Å². The Kier molecular flexibility index (Phi) is 8.34. The molecule has 4 aromatic rings. The van der Waals surface area contributed by atoms with Crippen LogP contribution in [0.25, 0.3) is 28.0 Å². The van der Waals surface area contributed by atoms with Crippen LogP contribution in [0.3, 0.4) is 0 Å². The Morgan fingerprint density at radius 3 is 2.60 bits per heavy atom. The van der Waals surface area contributed by atoms with Crippen LogP contribution >= 0.6 is 11.6 Å². The number of aromatic hydroxyl groups is 1. The fourth-order valence-corrected chi connectivity index (χ4v) is 5.67. The standard InChI is InChI=1S/C30H32ClF2N5O4/c1-15(2)24-26(22(9-10-34-24)42-12-11-39)38-29-18(28(36-30(38)41)37-14-16(3)5-6-17(37)4)13-19(31)25(35-29)23-20(32)7-8-21(33)27(23)40/h7-10,13,15-17,39-40H,5-6,11-12,14H2,1-4H3. The van der Waals surface area contributed by atoms with Gasteiger partial charge in [0.1, 0.15) is 29.7 Å². The van der Waals surface area contributed by atoms with Crippen LogP contribution in [0.4, 0.5) is 14.6 Å². The van der Waals surface area contributed by atoms with E-state index in [0.717, 1.165) is 25.0 Å². The van der Waals surface area contributed by atoms with E-state index in [4.69, 9.17) is 16.3 Å². The molecule has 0 amide bonds. The first-order valence-electron chi connectivity index (χ1n) is 13.8. The smallest absolute Gasteiger partial charge is 0.356 e. The van der Waals surface area contributed by atoms with Gasteiger partial charge in [0, 0.05) is 24.8 Å². The molecule has 0 spiro atoms. The number of aliphatic hydroxyl groups excluding tert-OH is 1. The summed E-state index contributed by atoms with van der Waals surface area (Å²) in [6.07, 6.45) is 3.44. The lowest BCUT2D eigenvalue weighted by molar-refractivity contribution is 0.201. The Bertz CT molecular complexity index is 1710. The van der Waals surface area contributed by atoms with Crippen LogP contribution in [0.2, 0.25) is 5.02 Å². The van der Waals surface area contributed by atoms with E-state index in [2.05, 4.69) is 21.9 Å². The molecule has 222 valence electrons. The number of phenolic OH excluding ortho intramolecular Hbond substituents is 1. The number of hydrogen-bond donors (Lipinski definition) is 2. The van der Waals surface area contributed by atoms with Gasteiger partial charge in [-0.1, -0.05) is 32.4 Å². The molecule has 0 bridgehead atoms. The van der Waals surface area contributed by atoms with Crippen LogP contribution in [0.1, 0.15) is 52.1 Å². The number of nitrogens with zero attached hydrogens (tertiary/aromatic N) is 5. The number of phenols is 1. The maximum Gasteiger partial charge on any atom is 0.356 e. The molecular formula is C30H32ClF2N5O4. The summed E-state index contributed by atoms with van der Waals surface area (Å²) < 4.78 is 36.5. The van der Waals surface area contributed by atoms with Crippen LogP contribution in [-0.4, -0.2) is 55.5 Å². The second-order valence-electron chi connectivity index (χ2n) is 10.9. The minimum absolute atomic E-state index is 0.0432. The Morgan fingerprint density at radius 1 is 1.14 bits per heavy atom. The van der Waals surface area contributed by atoms with Crippen LogP contribution in [0.15, 0.2) is 35.3 Å². The number of benzene rings is 1. The van der Waals surface area contributed by atoms with Crippen molar-refractivity contribution < 1.29 is 23.7 Å². The van der Waals surface area contributed by atoms with Crippen molar-refractivity contribution in [3.8, 4) is 28.4 Å². The summed E-state index contributed by atoms with van der Waals surface area (Å²) in [5.41, 5.74) is -0.706. The van der Waals surface area contributed by atoms with Crippen molar-refractivity contribution in [2.75, 3.05) is 24.7 Å². The Hall–Kier alpha value is -3.83. The van der Waals surface area contributed by atoms with Crippen LogP contribution < -0.4 is 15.3 Å². The Morgan fingerprint density at radius 2 is 1.88 bits per heavy atom.